The molecule has 7 atom stereocenters. The summed E-state index contributed by atoms with van der Waals surface area (Å²) in [6.45, 7) is 3.45. The third-order valence-corrected chi connectivity index (χ3v) is 16.2. The Morgan fingerprint density at radius 2 is 0.831 bits per heavy atom. The highest BCUT2D eigenvalue weighted by Gasteiger charge is 2.48. The van der Waals surface area contributed by atoms with E-state index >= 15 is 0 Å². The van der Waals surface area contributed by atoms with Gasteiger partial charge in [-0.05, 0) is 44.9 Å². The Kier molecular flexibility index (Phi) is 51.5. The molecule has 456 valence electrons. The molecule has 1 amide bonds. The number of nitrogens with one attached hydrogen (secondary N) is 1. The molecule has 0 aliphatic carbocycles. The second kappa shape index (κ2) is 53.9. The first-order valence-electron chi connectivity index (χ1n) is 32.7. The summed E-state index contributed by atoms with van der Waals surface area (Å²) in [6, 6.07) is -0.943. The third-order valence-electron chi connectivity index (χ3n) is 15.7. The molecule has 1 rings (SSSR count). The fourth-order valence-electron chi connectivity index (χ4n) is 10.7. The SMILES string of the molecule is CCCCCCCCCCCCCC/C=C\CCCCCCCCCCCCCCCCC(=O)NC(COC1OC(CO)C(O)C(OS(=O)(=O)O)C1O)C(O)/C=C/CCCCCCCCCCCCCCCCCCCC. The summed E-state index contributed by atoms with van der Waals surface area (Å²) in [5.41, 5.74) is 0. The number of carbonyl (C=O) groups excluding carboxylic acids is 1. The fourth-order valence-corrected chi connectivity index (χ4v) is 11.2. The number of carbonyl (C=O) groups is 1. The molecule has 0 radical (unpaired) electrons. The molecule has 6 N–H and O–H groups in total. The van der Waals surface area contributed by atoms with Gasteiger partial charge in [0.05, 0.1) is 25.4 Å². The van der Waals surface area contributed by atoms with Crippen LogP contribution in [-0.4, -0.2) is 95.4 Å². The lowest BCUT2D eigenvalue weighted by atomic mass is 9.99. The zero-order valence-electron chi connectivity index (χ0n) is 49.8. The number of unbranched alkanes of at least 4 members (excludes halogenated alkanes) is 44. The lowest BCUT2D eigenvalue weighted by Crippen LogP contribution is -2.61. The van der Waals surface area contributed by atoms with Gasteiger partial charge in [0, 0.05) is 6.42 Å². The molecule has 12 nitrogen and oxygen atoms in total. The van der Waals surface area contributed by atoms with Crippen LogP contribution in [0, 0.1) is 0 Å². The second-order valence-corrected chi connectivity index (χ2v) is 24.1. The predicted molar refractivity (Wildman–Crippen MR) is 319 cm³/mol. The molecule has 0 aromatic carbocycles. The smallest absolute Gasteiger partial charge is 0.394 e. The van der Waals surface area contributed by atoms with Crippen molar-refractivity contribution in [2.45, 2.75) is 365 Å². The summed E-state index contributed by atoms with van der Waals surface area (Å²) in [6.07, 6.45) is 59.5. The monoisotopic (exact) mass is 1110 g/mol. The Balaban J connectivity index is 2.27. The van der Waals surface area contributed by atoms with E-state index in [0.29, 0.717) is 6.42 Å². The first kappa shape index (κ1) is 73.6. The number of amides is 1. The summed E-state index contributed by atoms with van der Waals surface area (Å²) in [4.78, 5) is 13.2. The molecule has 0 aromatic heterocycles. The van der Waals surface area contributed by atoms with Crippen molar-refractivity contribution in [3.8, 4) is 0 Å². The zero-order valence-corrected chi connectivity index (χ0v) is 50.6. The van der Waals surface area contributed by atoms with E-state index in [1.54, 1.807) is 6.08 Å². The topological polar surface area (TPSA) is 192 Å². The van der Waals surface area contributed by atoms with Crippen molar-refractivity contribution in [2.75, 3.05) is 13.2 Å². The minimum atomic E-state index is -5.09. The van der Waals surface area contributed by atoms with Crippen LogP contribution >= 0.6 is 0 Å². The summed E-state index contributed by atoms with van der Waals surface area (Å²) < 4.78 is 48.0. The van der Waals surface area contributed by atoms with Gasteiger partial charge in [-0.15, -0.1) is 0 Å². The second-order valence-electron chi connectivity index (χ2n) is 23.1. The Morgan fingerprint density at radius 3 is 1.17 bits per heavy atom. The maximum Gasteiger partial charge on any atom is 0.397 e. The van der Waals surface area contributed by atoms with Gasteiger partial charge in [0.1, 0.15) is 24.4 Å². The fraction of sp³-hybridized carbons (Fsp3) is 0.922. The highest BCUT2D eigenvalue weighted by atomic mass is 32.3. The van der Waals surface area contributed by atoms with Crippen LogP contribution in [0.5, 0.6) is 0 Å². The standard InChI is InChI=1S/C64H123NO11S/c1-3-5-7-9-11-13-15-17-19-21-23-25-26-27-28-29-30-31-32-33-34-36-38-40-42-44-46-48-50-52-54-60(68)65-57(56-74-64-62(70)63(76-77(71,72)73)61(69)59(55-66)75-64)58(67)53-51-49-47-45-43-41-39-37-35-24-22-20-18-16-14-12-10-8-6-4-2/h27-28,51,53,57-59,61-64,66-67,69-70H,3-26,29-50,52,54-56H2,1-2H3,(H,65,68)(H,71,72,73)/b28-27-,53-51+. The highest BCUT2D eigenvalue weighted by molar-refractivity contribution is 7.80. The molecule has 0 aromatic rings. The summed E-state index contributed by atoms with van der Waals surface area (Å²) >= 11 is 0. The Bertz CT molecular complexity index is 1450. The lowest BCUT2D eigenvalue weighted by Gasteiger charge is -2.41. The van der Waals surface area contributed by atoms with Crippen LogP contribution in [0.25, 0.3) is 0 Å². The number of hydrogen-bond acceptors (Lipinski definition) is 10. The molecule has 1 aliphatic heterocycles. The van der Waals surface area contributed by atoms with E-state index in [1.165, 1.54) is 257 Å². The van der Waals surface area contributed by atoms with Gasteiger partial charge in [0.25, 0.3) is 0 Å². The highest BCUT2D eigenvalue weighted by Crippen LogP contribution is 2.26. The average molecular weight is 1110 g/mol. The molecule has 1 heterocycles. The van der Waals surface area contributed by atoms with Gasteiger partial charge in [0.15, 0.2) is 6.29 Å². The number of aliphatic hydroxyl groups excluding tert-OH is 4. The maximum atomic E-state index is 13.2. The minimum Gasteiger partial charge on any atom is -0.394 e. The van der Waals surface area contributed by atoms with Crippen LogP contribution in [0.1, 0.15) is 322 Å². The molecule has 0 saturated carbocycles. The van der Waals surface area contributed by atoms with Crippen molar-refractivity contribution < 1.29 is 51.8 Å². The van der Waals surface area contributed by atoms with E-state index in [1.807, 2.05) is 6.08 Å². The van der Waals surface area contributed by atoms with Gasteiger partial charge >= 0.3 is 10.4 Å². The van der Waals surface area contributed by atoms with Crippen LogP contribution in [0.15, 0.2) is 24.3 Å². The van der Waals surface area contributed by atoms with Crippen molar-refractivity contribution in [1.82, 2.24) is 5.32 Å². The largest absolute Gasteiger partial charge is 0.397 e. The molecule has 1 saturated heterocycles. The van der Waals surface area contributed by atoms with Gasteiger partial charge in [0.2, 0.25) is 5.91 Å². The van der Waals surface area contributed by atoms with E-state index in [4.69, 9.17) is 9.47 Å². The van der Waals surface area contributed by atoms with Crippen LogP contribution in [0.2, 0.25) is 0 Å². The van der Waals surface area contributed by atoms with Crippen molar-refractivity contribution in [3.63, 3.8) is 0 Å². The van der Waals surface area contributed by atoms with Crippen molar-refractivity contribution in [1.29, 1.82) is 0 Å². The lowest BCUT2D eigenvalue weighted by molar-refractivity contribution is -0.298. The Hall–Kier alpha value is -1.42. The molecular weight excluding hydrogens is 991 g/mol. The predicted octanol–water partition coefficient (Wildman–Crippen LogP) is 16.4. The first-order chi connectivity index (χ1) is 37.5. The number of allylic oxidation sites excluding steroid dienone is 3. The van der Waals surface area contributed by atoms with E-state index in [2.05, 4.69) is 35.5 Å². The molecule has 13 heteroatoms. The van der Waals surface area contributed by atoms with Crippen molar-refractivity contribution >= 4 is 16.3 Å². The number of hydrogen-bond donors (Lipinski definition) is 6. The minimum absolute atomic E-state index is 0.257. The molecule has 0 bridgehead atoms. The van der Waals surface area contributed by atoms with E-state index < -0.39 is 59.9 Å². The molecule has 0 spiro atoms. The van der Waals surface area contributed by atoms with Crippen LogP contribution in [-0.2, 0) is 28.9 Å². The summed E-state index contributed by atoms with van der Waals surface area (Å²) in [7, 11) is -5.09. The summed E-state index contributed by atoms with van der Waals surface area (Å²) in [5, 5.41) is 45.1. The maximum absolute atomic E-state index is 13.2. The molecular formula is C64H123NO11S. The van der Waals surface area contributed by atoms with E-state index in [-0.39, 0.29) is 18.9 Å². The Morgan fingerprint density at radius 1 is 0.506 bits per heavy atom. The first-order valence-corrected chi connectivity index (χ1v) is 34.1. The van der Waals surface area contributed by atoms with Crippen LogP contribution in [0.4, 0.5) is 0 Å². The van der Waals surface area contributed by atoms with Gasteiger partial charge in [-0.25, -0.2) is 4.18 Å². The Labute approximate surface area is 473 Å². The summed E-state index contributed by atoms with van der Waals surface area (Å²) in [5.74, 6) is -0.257. The van der Waals surface area contributed by atoms with Crippen molar-refractivity contribution in [2.24, 2.45) is 0 Å². The molecule has 77 heavy (non-hydrogen) atoms. The van der Waals surface area contributed by atoms with Gasteiger partial charge in [-0.2, -0.15) is 8.42 Å². The average Bonchev–Trinajstić information content (AvgIpc) is 3.41. The normalized spacial score (nSPS) is 19.0. The van der Waals surface area contributed by atoms with Crippen LogP contribution in [0.3, 0.4) is 0 Å². The molecule has 7 unspecified atom stereocenters. The number of ether oxygens (including phenoxy) is 2. The van der Waals surface area contributed by atoms with Gasteiger partial charge in [-0.3, -0.25) is 9.35 Å². The molecule has 1 fully saturated rings. The third kappa shape index (κ3) is 45.8. The van der Waals surface area contributed by atoms with E-state index in [9.17, 15) is 38.2 Å². The van der Waals surface area contributed by atoms with E-state index in [0.717, 1.165) is 38.5 Å². The number of rotatable bonds is 58. The molecule has 1 aliphatic rings. The van der Waals surface area contributed by atoms with Gasteiger partial charge < -0.3 is 35.2 Å². The van der Waals surface area contributed by atoms with Crippen molar-refractivity contribution in [3.05, 3.63) is 24.3 Å². The van der Waals surface area contributed by atoms with Crippen LogP contribution < -0.4 is 5.32 Å². The van der Waals surface area contributed by atoms with Gasteiger partial charge in [-0.1, -0.05) is 295 Å². The quantitative estimate of drug-likeness (QED) is 0.0193. The number of aliphatic hydroxyl groups is 4. The zero-order chi connectivity index (χ0) is 56.1.